The molecule has 0 unspecified atom stereocenters. The molecule has 0 fully saturated rings. The van der Waals surface area contributed by atoms with Crippen LogP contribution in [0.15, 0.2) is 42.5 Å². The molecule has 0 aliphatic carbocycles. The molecular formula is C20H19ClFN3O. The molecule has 0 spiro atoms. The van der Waals surface area contributed by atoms with Gasteiger partial charge in [0.15, 0.2) is 0 Å². The number of rotatable bonds is 4. The van der Waals surface area contributed by atoms with Gasteiger partial charge < -0.3 is 5.32 Å². The number of hydrogen-bond donors (Lipinski definition) is 1. The average Bonchev–Trinajstić information content (AvgIpc) is 2.86. The average molecular weight is 372 g/mol. The largest absolute Gasteiger partial charge is 0.322 e. The topological polar surface area (TPSA) is 46.9 Å². The molecule has 0 atom stereocenters. The number of aromatic nitrogens is 2. The van der Waals surface area contributed by atoms with Gasteiger partial charge in [0.2, 0.25) is 0 Å². The lowest BCUT2D eigenvalue weighted by atomic mass is 10.1. The van der Waals surface area contributed by atoms with E-state index in [1.54, 1.807) is 24.6 Å². The van der Waals surface area contributed by atoms with Gasteiger partial charge in [-0.05, 0) is 56.2 Å². The summed E-state index contributed by atoms with van der Waals surface area (Å²) in [5.41, 5.74) is 4.07. The highest BCUT2D eigenvalue weighted by Gasteiger charge is 2.20. The summed E-state index contributed by atoms with van der Waals surface area (Å²) in [5.74, 6) is -0.597. The summed E-state index contributed by atoms with van der Waals surface area (Å²) < 4.78 is 15.0. The van der Waals surface area contributed by atoms with E-state index in [9.17, 15) is 9.18 Å². The molecular weight excluding hydrogens is 353 g/mol. The van der Waals surface area contributed by atoms with Crippen molar-refractivity contribution < 1.29 is 9.18 Å². The highest BCUT2D eigenvalue weighted by molar-refractivity contribution is 6.31. The number of amides is 1. The Hall–Kier alpha value is -2.66. The molecule has 6 heteroatoms. The van der Waals surface area contributed by atoms with Crippen molar-refractivity contribution in [1.29, 1.82) is 0 Å². The van der Waals surface area contributed by atoms with Crippen LogP contribution in [0.1, 0.15) is 32.9 Å². The Morgan fingerprint density at radius 3 is 2.62 bits per heavy atom. The molecule has 0 aliphatic rings. The normalized spacial score (nSPS) is 10.8. The van der Waals surface area contributed by atoms with Gasteiger partial charge in [0.05, 0.1) is 17.8 Å². The number of carbonyl (C=O) groups is 1. The van der Waals surface area contributed by atoms with E-state index in [1.165, 1.54) is 12.1 Å². The fourth-order valence-electron chi connectivity index (χ4n) is 2.92. The van der Waals surface area contributed by atoms with Crippen LogP contribution in [0.25, 0.3) is 0 Å². The highest BCUT2D eigenvalue weighted by atomic mass is 35.5. The predicted octanol–water partition coefficient (Wildman–Crippen LogP) is 4.90. The summed E-state index contributed by atoms with van der Waals surface area (Å²) in [6.45, 7) is 5.88. The minimum absolute atomic E-state index is 0.264. The molecule has 2 aromatic carbocycles. The summed E-state index contributed by atoms with van der Waals surface area (Å²) >= 11 is 6.22. The minimum atomic E-state index is -0.333. The van der Waals surface area contributed by atoms with E-state index in [0.717, 1.165) is 11.3 Å². The number of nitrogens with one attached hydrogen (secondary N) is 1. The Bertz CT molecular complexity index is 981. The van der Waals surface area contributed by atoms with Gasteiger partial charge in [0.25, 0.3) is 5.91 Å². The van der Waals surface area contributed by atoms with Crippen molar-refractivity contribution in [3.05, 3.63) is 81.4 Å². The van der Waals surface area contributed by atoms with Crippen molar-refractivity contribution in [3.63, 3.8) is 0 Å². The number of benzene rings is 2. The van der Waals surface area contributed by atoms with E-state index in [4.69, 9.17) is 11.6 Å². The fraction of sp³-hybridized carbons (Fsp3) is 0.200. The third-order valence-corrected chi connectivity index (χ3v) is 4.69. The molecule has 0 saturated heterocycles. The van der Waals surface area contributed by atoms with Crippen LogP contribution in [0, 0.1) is 26.6 Å². The first-order valence-electron chi connectivity index (χ1n) is 8.21. The van der Waals surface area contributed by atoms with E-state index in [1.807, 2.05) is 31.2 Å². The molecule has 0 saturated carbocycles. The van der Waals surface area contributed by atoms with E-state index in [-0.39, 0.29) is 11.7 Å². The summed E-state index contributed by atoms with van der Waals surface area (Å²) in [6, 6.07) is 11.8. The van der Waals surface area contributed by atoms with Crippen molar-refractivity contribution in [1.82, 2.24) is 9.78 Å². The maximum absolute atomic E-state index is 13.2. The summed E-state index contributed by atoms with van der Waals surface area (Å²) in [7, 11) is 0. The molecule has 1 heterocycles. The van der Waals surface area contributed by atoms with Crippen molar-refractivity contribution in [2.75, 3.05) is 5.32 Å². The molecule has 0 bridgehead atoms. The van der Waals surface area contributed by atoms with E-state index in [0.29, 0.717) is 34.1 Å². The van der Waals surface area contributed by atoms with Crippen LogP contribution in [-0.2, 0) is 6.54 Å². The smallest absolute Gasteiger partial charge is 0.259 e. The van der Waals surface area contributed by atoms with Crippen molar-refractivity contribution in [2.24, 2.45) is 0 Å². The monoisotopic (exact) mass is 371 g/mol. The zero-order valence-corrected chi connectivity index (χ0v) is 15.6. The molecule has 1 amide bonds. The Morgan fingerprint density at radius 1 is 1.19 bits per heavy atom. The van der Waals surface area contributed by atoms with Crippen LogP contribution in [0.5, 0.6) is 0 Å². The van der Waals surface area contributed by atoms with Crippen LogP contribution >= 0.6 is 11.6 Å². The van der Waals surface area contributed by atoms with E-state index < -0.39 is 0 Å². The van der Waals surface area contributed by atoms with Gasteiger partial charge >= 0.3 is 0 Å². The van der Waals surface area contributed by atoms with Crippen LogP contribution in [0.3, 0.4) is 0 Å². The molecule has 134 valence electrons. The molecule has 0 radical (unpaired) electrons. The van der Waals surface area contributed by atoms with Gasteiger partial charge in [-0.25, -0.2) is 4.39 Å². The highest BCUT2D eigenvalue weighted by Crippen LogP contribution is 2.22. The van der Waals surface area contributed by atoms with Gasteiger partial charge in [0.1, 0.15) is 5.82 Å². The first-order valence-corrected chi connectivity index (χ1v) is 8.59. The van der Waals surface area contributed by atoms with E-state index >= 15 is 0 Å². The SMILES string of the molecule is Cc1cc(F)ccc1NC(=O)c1c(C)nn(Cc2ccccc2Cl)c1C. The first kappa shape index (κ1) is 18.1. The second-order valence-corrected chi connectivity index (χ2v) is 6.62. The fourth-order valence-corrected chi connectivity index (χ4v) is 3.12. The lowest BCUT2D eigenvalue weighted by Crippen LogP contribution is -2.15. The van der Waals surface area contributed by atoms with Crippen LogP contribution in [0.4, 0.5) is 10.1 Å². The third-order valence-electron chi connectivity index (χ3n) is 4.32. The Morgan fingerprint density at radius 2 is 1.92 bits per heavy atom. The Labute approximate surface area is 156 Å². The first-order chi connectivity index (χ1) is 12.4. The number of carbonyl (C=O) groups excluding carboxylic acids is 1. The van der Waals surface area contributed by atoms with Gasteiger partial charge in [-0.15, -0.1) is 0 Å². The molecule has 4 nitrogen and oxygen atoms in total. The minimum Gasteiger partial charge on any atom is -0.322 e. The molecule has 26 heavy (non-hydrogen) atoms. The van der Waals surface area contributed by atoms with Gasteiger partial charge in [-0.3, -0.25) is 9.48 Å². The van der Waals surface area contributed by atoms with Crippen LogP contribution < -0.4 is 5.32 Å². The summed E-state index contributed by atoms with van der Waals surface area (Å²) in [5, 5.41) is 7.98. The Kier molecular flexibility index (Phi) is 5.09. The molecule has 1 aromatic heterocycles. The van der Waals surface area contributed by atoms with Crippen molar-refractivity contribution in [2.45, 2.75) is 27.3 Å². The number of hydrogen-bond acceptors (Lipinski definition) is 2. The maximum atomic E-state index is 13.2. The number of halogens is 2. The zero-order chi connectivity index (χ0) is 18.8. The summed E-state index contributed by atoms with van der Waals surface area (Å²) in [4.78, 5) is 12.7. The summed E-state index contributed by atoms with van der Waals surface area (Å²) in [6.07, 6.45) is 0. The van der Waals surface area contributed by atoms with Gasteiger partial charge in [0, 0.05) is 16.4 Å². The number of nitrogens with zero attached hydrogens (tertiary/aromatic N) is 2. The van der Waals surface area contributed by atoms with E-state index in [2.05, 4.69) is 10.4 Å². The standard InChI is InChI=1S/C20H19ClFN3O/c1-12-10-16(22)8-9-18(12)23-20(26)19-13(2)24-25(14(19)3)11-15-6-4-5-7-17(15)21/h4-10H,11H2,1-3H3,(H,23,26). The van der Waals surface area contributed by atoms with Crippen molar-refractivity contribution in [3.8, 4) is 0 Å². The predicted molar refractivity (Wildman–Crippen MR) is 101 cm³/mol. The van der Waals surface area contributed by atoms with Gasteiger partial charge in [-0.1, -0.05) is 29.8 Å². The maximum Gasteiger partial charge on any atom is 0.259 e. The molecule has 1 N–H and O–H groups in total. The van der Waals surface area contributed by atoms with Crippen LogP contribution in [0.2, 0.25) is 5.02 Å². The van der Waals surface area contributed by atoms with Gasteiger partial charge in [-0.2, -0.15) is 5.10 Å². The zero-order valence-electron chi connectivity index (χ0n) is 14.8. The second kappa shape index (κ2) is 7.30. The lowest BCUT2D eigenvalue weighted by molar-refractivity contribution is 0.102. The third kappa shape index (κ3) is 3.63. The number of anilines is 1. The quantitative estimate of drug-likeness (QED) is 0.708. The lowest BCUT2D eigenvalue weighted by Gasteiger charge is -2.10. The van der Waals surface area contributed by atoms with Crippen molar-refractivity contribution >= 4 is 23.2 Å². The Balaban J connectivity index is 1.87. The van der Waals surface area contributed by atoms with Crippen LogP contribution in [-0.4, -0.2) is 15.7 Å². The second-order valence-electron chi connectivity index (χ2n) is 6.21. The molecule has 3 aromatic rings. The molecule has 3 rings (SSSR count). The molecule has 0 aliphatic heterocycles. The number of aryl methyl sites for hydroxylation is 2.